The molecule has 0 amide bonds. The molecule has 0 aliphatic heterocycles. The lowest BCUT2D eigenvalue weighted by molar-refractivity contribution is -0.901. The summed E-state index contributed by atoms with van der Waals surface area (Å²) in [7, 11) is -0.227. The first-order valence-corrected chi connectivity index (χ1v) is 6.94. The number of aryl methyl sites for hydroxylation is 1. The fourth-order valence-electron chi connectivity index (χ4n) is 1.55. The van der Waals surface area contributed by atoms with E-state index >= 15 is 0 Å². The third kappa shape index (κ3) is 3.80. The van der Waals surface area contributed by atoms with E-state index in [9.17, 15) is 13.0 Å². The van der Waals surface area contributed by atoms with Crippen molar-refractivity contribution in [2.24, 2.45) is 0 Å². The van der Waals surface area contributed by atoms with Crippen molar-refractivity contribution in [2.45, 2.75) is 25.3 Å². The average Bonchev–Trinajstić information content (AvgIpc) is 2.19. The Kier molecular flexibility index (Phi) is 3.96. The summed E-state index contributed by atoms with van der Waals surface area (Å²) in [5.41, 5.74) is 1.92. The standard InChI is InChI=1S/C12H19NO3S/c1-5-13(3,4)9-11-8-12(17(14,15)16)7-6-10(11)2/h6-8H,5,9H2,1-4H3. The van der Waals surface area contributed by atoms with E-state index in [0.717, 1.165) is 22.2 Å². The molecule has 0 saturated heterocycles. The van der Waals surface area contributed by atoms with Gasteiger partial charge in [0.05, 0.1) is 25.5 Å². The van der Waals surface area contributed by atoms with Gasteiger partial charge in [-0.3, -0.25) is 0 Å². The lowest BCUT2D eigenvalue weighted by Gasteiger charge is -2.29. The maximum absolute atomic E-state index is 11.0. The molecule has 0 radical (unpaired) electrons. The molecule has 1 rings (SSSR count). The van der Waals surface area contributed by atoms with Gasteiger partial charge in [-0.1, -0.05) is 6.07 Å². The van der Waals surface area contributed by atoms with Gasteiger partial charge in [0.25, 0.3) is 0 Å². The Morgan fingerprint density at radius 2 is 1.88 bits per heavy atom. The van der Waals surface area contributed by atoms with Crippen LogP contribution in [0.25, 0.3) is 0 Å². The van der Waals surface area contributed by atoms with Crippen LogP contribution in [-0.2, 0) is 16.7 Å². The molecule has 17 heavy (non-hydrogen) atoms. The second-order valence-corrected chi connectivity index (χ2v) is 6.33. The van der Waals surface area contributed by atoms with Crippen LogP contribution in [0.2, 0.25) is 0 Å². The third-order valence-corrected chi connectivity index (χ3v) is 3.89. The molecule has 4 nitrogen and oxygen atoms in total. The van der Waals surface area contributed by atoms with E-state index in [-0.39, 0.29) is 4.90 Å². The largest absolute Gasteiger partial charge is 0.744 e. The van der Waals surface area contributed by atoms with Gasteiger partial charge in [-0.25, -0.2) is 8.42 Å². The van der Waals surface area contributed by atoms with E-state index in [0.29, 0.717) is 6.54 Å². The first kappa shape index (κ1) is 14.2. The van der Waals surface area contributed by atoms with Crippen molar-refractivity contribution in [3.63, 3.8) is 0 Å². The van der Waals surface area contributed by atoms with Gasteiger partial charge in [0.2, 0.25) is 0 Å². The smallest absolute Gasteiger partial charge is 0.124 e. The van der Waals surface area contributed by atoms with Gasteiger partial charge in [0.15, 0.2) is 0 Å². The highest BCUT2D eigenvalue weighted by molar-refractivity contribution is 7.85. The quantitative estimate of drug-likeness (QED) is 0.606. The van der Waals surface area contributed by atoms with Gasteiger partial charge < -0.3 is 9.04 Å². The number of hydrogen-bond acceptors (Lipinski definition) is 3. The zero-order valence-electron chi connectivity index (χ0n) is 10.7. The molecule has 0 saturated carbocycles. The van der Waals surface area contributed by atoms with Gasteiger partial charge >= 0.3 is 0 Å². The molecule has 0 aliphatic carbocycles. The molecule has 0 aliphatic rings. The average molecular weight is 257 g/mol. The molecular formula is C12H19NO3S. The second kappa shape index (κ2) is 4.76. The molecule has 1 aromatic rings. The lowest BCUT2D eigenvalue weighted by Crippen LogP contribution is -2.38. The summed E-state index contributed by atoms with van der Waals surface area (Å²) < 4.78 is 33.7. The van der Waals surface area contributed by atoms with E-state index < -0.39 is 10.1 Å². The van der Waals surface area contributed by atoms with Crippen molar-refractivity contribution in [3.05, 3.63) is 29.3 Å². The van der Waals surface area contributed by atoms with Crippen LogP contribution in [0.5, 0.6) is 0 Å². The van der Waals surface area contributed by atoms with Crippen LogP contribution in [0, 0.1) is 6.92 Å². The first-order chi connectivity index (χ1) is 7.65. The minimum atomic E-state index is -4.36. The second-order valence-electron chi connectivity index (χ2n) is 4.95. The Bertz CT molecular complexity index is 506. The minimum Gasteiger partial charge on any atom is -0.744 e. The summed E-state index contributed by atoms with van der Waals surface area (Å²) in [5, 5.41) is 0. The van der Waals surface area contributed by atoms with E-state index in [1.165, 1.54) is 12.1 Å². The molecule has 0 atom stereocenters. The zero-order valence-corrected chi connectivity index (χ0v) is 11.5. The summed E-state index contributed by atoms with van der Waals surface area (Å²) in [4.78, 5) is -0.144. The van der Waals surface area contributed by atoms with Gasteiger partial charge in [0.1, 0.15) is 16.7 Å². The van der Waals surface area contributed by atoms with E-state index in [1.807, 2.05) is 6.92 Å². The Hall–Kier alpha value is -0.910. The highest BCUT2D eigenvalue weighted by atomic mass is 32.2. The normalized spacial score (nSPS) is 12.8. The SMILES string of the molecule is CC[N+](C)(C)Cc1cc(S(=O)(=O)[O-])ccc1C. The fraction of sp³-hybridized carbons (Fsp3) is 0.500. The molecule has 0 heterocycles. The summed E-state index contributed by atoms with van der Waals surface area (Å²) in [6.45, 7) is 5.65. The third-order valence-electron chi connectivity index (χ3n) is 3.06. The predicted molar refractivity (Wildman–Crippen MR) is 65.5 cm³/mol. The fourth-order valence-corrected chi connectivity index (χ4v) is 2.07. The highest BCUT2D eigenvalue weighted by Gasteiger charge is 2.15. The summed E-state index contributed by atoms with van der Waals surface area (Å²) in [6.07, 6.45) is 0. The molecule has 0 fully saturated rings. The topological polar surface area (TPSA) is 57.2 Å². The van der Waals surface area contributed by atoms with Crippen molar-refractivity contribution in [1.82, 2.24) is 0 Å². The molecule has 5 heteroatoms. The van der Waals surface area contributed by atoms with Crippen molar-refractivity contribution in [1.29, 1.82) is 0 Å². The van der Waals surface area contributed by atoms with Crippen LogP contribution in [0.3, 0.4) is 0 Å². The Morgan fingerprint density at radius 1 is 1.29 bits per heavy atom. The van der Waals surface area contributed by atoms with Crippen LogP contribution in [-0.4, -0.2) is 38.1 Å². The number of nitrogens with zero attached hydrogens (tertiary/aromatic N) is 1. The first-order valence-electron chi connectivity index (χ1n) is 5.53. The van der Waals surface area contributed by atoms with Crippen LogP contribution < -0.4 is 0 Å². The predicted octanol–water partition coefficient (Wildman–Crippen LogP) is 1.50. The summed E-state index contributed by atoms with van der Waals surface area (Å²) in [5.74, 6) is 0. The highest BCUT2D eigenvalue weighted by Crippen LogP contribution is 2.18. The maximum Gasteiger partial charge on any atom is 0.124 e. The number of quaternary nitrogens is 1. The summed E-state index contributed by atoms with van der Waals surface area (Å²) >= 11 is 0. The van der Waals surface area contributed by atoms with E-state index in [1.54, 1.807) is 6.07 Å². The Labute approximate surface area is 103 Å². The molecule has 0 bridgehead atoms. The molecule has 0 unspecified atom stereocenters. The van der Waals surface area contributed by atoms with E-state index in [2.05, 4.69) is 21.0 Å². The van der Waals surface area contributed by atoms with Crippen molar-refractivity contribution in [3.8, 4) is 0 Å². The van der Waals surface area contributed by atoms with Gasteiger partial charge in [-0.15, -0.1) is 0 Å². The van der Waals surface area contributed by atoms with Gasteiger partial charge in [-0.2, -0.15) is 0 Å². The molecule has 0 N–H and O–H groups in total. The van der Waals surface area contributed by atoms with Gasteiger partial charge in [0, 0.05) is 5.56 Å². The Balaban J connectivity index is 3.17. The minimum absolute atomic E-state index is 0.144. The van der Waals surface area contributed by atoms with Crippen LogP contribution in [0.15, 0.2) is 23.1 Å². The van der Waals surface area contributed by atoms with Crippen molar-refractivity contribution >= 4 is 10.1 Å². The zero-order chi connectivity index (χ0) is 13.3. The van der Waals surface area contributed by atoms with Crippen LogP contribution in [0.1, 0.15) is 18.1 Å². The van der Waals surface area contributed by atoms with Crippen LogP contribution in [0.4, 0.5) is 0 Å². The monoisotopic (exact) mass is 257 g/mol. The molecule has 96 valence electrons. The Morgan fingerprint density at radius 3 is 2.35 bits per heavy atom. The summed E-state index contributed by atoms with van der Waals surface area (Å²) in [6, 6.07) is 4.55. The molecule has 0 aromatic heterocycles. The number of rotatable bonds is 4. The van der Waals surface area contributed by atoms with Crippen molar-refractivity contribution in [2.75, 3.05) is 20.6 Å². The molecule has 1 aromatic carbocycles. The molecular weight excluding hydrogens is 238 g/mol. The van der Waals surface area contributed by atoms with E-state index in [4.69, 9.17) is 0 Å². The van der Waals surface area contributed by atoms with Crippen molar-refractivity contribution < 1.29 is 17.5 Å². The number of benzene rings is 1. The maximum atomic E-state index is 11.0. The van der Waals surface area contributed by atoms with Crippen LogP contribution >= 0.6 is 0 Å². The number of hydrogen-bond donors (Lipinski definition) is 0. The van der Waals surface area contributed by atoms with Gasteiger partial charge in [-0.05, 0) is 31.5 Å². The lowest BCUT2D eigenvalue weighted by atomic mass is 10.1. The molecule has 0 spiro atoms.